The third-order valence-corrected chi connectivity index (χ3v) is 3.00. The summed E-state index contributed by atoms with van der Waals surface area (Å²) in [5, 5.41) is 3.35. The standard InChI is InChI=1S/C16H16ClNO3/c1-20-14-5-7-15(8-6-14)21-10-9-16(19)18-13-4-2-3-12(17)11-13/h2-8,11H,9-10H2,1H3,(H,18,19). The van der Waals surface area contributed by atoms with Gasteiger partial charge in [0.15, 0.2) is 0 Å². The van der Waals surface area contributed by atoms with Gasteiger partial charge in [-0.15, -0.1) is 0 Å². The molecule has 0 bridgehead atoms. The molecular formula is C16H16ClNO3. The van der Waals surface area contributed by atoms with E-state index in [4.69, 9.17) is 21.1 Å². The highest BCUT2D eigenvalue weighted by Gasteiger charge is 2.03. The van der Waals surface area contributed by atoms with E-state index in [0.29, 0.717) is 23.1 Å². The average Bonchev–Trinajstić information content (AvgIpc) is 2.48. The molecule has 4 nitrogen and oxygen atoms in total. The molecule has 0 aromatic heterocycles. The first-order chi connectivity index (χ1) is 10.2. The summed E-state index contributed by atoms with van der Waals surface area (Å²) < 4.78 is 10.6. The molecular weight excluding hydrogens is 290 g/mol. The minimum absolute atomic E-state index is 0.120. The van der Waals surface area contributed by atoms with Crippen LogP contribution in [0.25, 0.3) is 0 Å². The van der Waals surface area contributed by atoms with E-state index >= 15 is 0 Å². The van der Waals surface area contributed by atoms with Gasteiger partial charge in [-0.1, -0.05) is 17.7 Å². The molecule has 2 rings (SSSR count). The Morgan fingerprint density at radius 3 is 2.52 bits per heavy atom. The maximum atomic E-state index is 11.8. The van der Waals surface area contributed by atoms with E-state index in [1.807, 2.05) is 0 Å². The number of carbonyl (C=O) groups is 1. The second kappa shape index (κ2) is 7.55. The van der Waals surface area contributed by atoms with Crippen molar-refractivity contribution in [3.63, 3.8) is 0 Å². The molecule has 2 aromatic rings. The van der Waals surface area contributed by atoms with Gasteiger partial charge in [0.1, 0.15) is 11.5 Å². The highest BCUT2D eigenvalue weighted by atomic mass is 35.5. The first-order valence-corrected chi connectivity index (χ1v) is 6.87. The lowest BCUT2D eigenvalue weighted by Gasteiger charge is -2.08. The van der Waals surface area contributed by atoms with E-state index in [0.717, 1.165) is 5.75 Å². The number of halogens is 1. The van der Waals surface area contributed by atoms with Gasteiger partial charge in [-0.3, -0.25) is 4.79 Å². The summed E-state index contributed by atoms with van der Waals surface area (Å²) >= 11 is 5.85. The molecule has 0 spiro atoms. The first-order valence-electron chi connectivity index (χ1n) is 6.49. The summed E-state index contributed by atoms with van der Waals surface area (Å²) in [6.45, 7) is 0.304. The highest BCUT2D eigenvalue weighted by Crippen LogP contribution is 2.17. The normalized spacial score (nSPS) is 10.0. The van der Waals surface area contributed by atoms with Crippen LogP contribution in [-0.4, -0.2) is 19.6 Å². The van der Waals surface area contributed by atoms with E-state index in [1.54, 1.807) is 55.6 Å². The number of amides is 1. The predicted octanol–water partition coefficient (Wildman–Crippen LogP) is 3.76. The number of carbonyl (C=O) groups excluding carboxylic acids is 1. The van der Waals surface area contributed by atoms with Crippen LogP contribution in [0.15, 0.2) is 48.5 Å². The zero-order valence-electron chi connectivity index (χ0n) is 11.6. The number of rotatable bonds is 6. The summed E-state index contributed by atoms with van der Waals surface area (Å²) in [6.07, 6.45) is 0.262. The van der Waals surface area contributed by atoms with Crippen LogP contribution in [0.2, 0.25) is 5.02 Å². The zero-order valence-corrected chi connectivity index (χ0v) is 12.4. The number of ether oxygens (including phenoxy) is 2. The lowest BCUT2D eigenvalue weighted by atomic mass is 10.3. The Bertz CT molecular complexity index is 599. The van der Waals surface area contributed by atoms with Crippen molar-refractivity contribution in [2.24, 2.45) is 0 Å². The molecule has 5 heteroatoms. The van der Waals surface area contributed by atoms with Crippen molar-refractivity contribution in [2.75, 3.05) is 19.0 Å². The Kier molecular flexibility index (Phi) is 5.46. The van der Waals surface area contributed by atoms with Crippen LogP contribution >= 0.6 is 11.6 Å². The van der Waals surface area contributed by atoms with Crippen LogP contribution < -0.4 is 14.8 Å². The molecule has 0 saturated heterocycles. The van der Waals surface area contributed by atoms with Gasteiger partial charge < -0.3 is 14.8 Å². The molecule has 0 heterocycles. The van der Waals surface area contributed by atoms with Crippen LogP contribution in [0.5, 0.6) is 11.5 Å². The highest BCUT2D eigenvalue weighted by molar-refractivity contribution is 6.30. The van der Waals surface area contributed by atoms with E-state index in [-0.39, 0.29) is 12.3 Å². The minimum atomic E-state index is -0.120. The van der Waals surface area contributed by atoms with Gasteiger partial charge in [0, 0.05) is 10.7 Å². The average molecular weight is 306 g/mol. The Balaban J connectivity index is 1.76. The van der Waals surface area contributed by atoms with Crippen molar-refractivity contribution < 1.29 is 14.3 Å². The molecule has 0 saturated carbocycles. The SMILES string of the molecule is COc1ccc(OCCC(=O)Nc2cccc(Cl)c2)cc1. The summed E-state index contributed by atoms with van der Waals surface area (Å²) in [4.78, 5) is 11.8. The van der Waals surface area contributed by atoms with Crippen molar-refractivity contribution in [1.82, 2.24) is 0 Å². The number of hydrogen-bond acceptors (Lipinski definition) is 3. The van der Waals surface area contributed by atoms with Gasteiger partial charge in [-0.25, -0.2) is 0 Å². The van der Waals surface area contributed by atoms with Gasteiger partial charge in [0.05, 0.1) is 20.1 Å². The molecule has 0 aliphatic carbocycles. The van der Waals surface area contributed by atoms with Crippen LogP contribution in [-0.2, 0) is 4.79 Å². The van der Waals surface area contributed by atoms with Gasteiger partial charge >= 0.3 is 0 Å². The van der Waals surface area contributed by atoms with Crippen molar-refractivity contribution in [3.05, 3.63) is 53.6 Å². The lowest BCUT2D eigenvalue weighted by Crippen LogP contribution is -2.15. The van der Waals surface area contributed by atoms with Gasteiger partial charge in [0.2, 0.25) is 5.91 Å². The summed E-state index contributed by atoms with van der Waals surface area (Å²) in [5.74, 6) is 1.35. The van der Waals surface area contributed by atoms with E-state index in [2.05, 4.69) is 5.32 Å². The largest absolute Gasteiger partial charge is 0.497 e. The molecule has 0 aliphatic heterocycles. The second-order valence-corrected chi connectivity index (χ2v) is 4.77. The molecule has 0 radical (unpaired) electrons. The third-order valence-electron chi connectivity index (χ3n) is 2.77. The predicted molar refractivity (Wildman–Crippen MR) is 83.2 cm³/mol. The number of benzene rings is 2. The molecule has 0 aliphatic rings. The number of anilines is 1. The number of nitrogens with one attached hydrogen (secondary N) is 1. The monoisotopic (exact) mass is 305 g/mol. The number of methoxy groups -OCH3 is 1. The molecule has 0 fully saturated rings. The molecule has 2 aromatic carbocycles. The molecule has 1 N–H and O–H groups in total. The quantitative estimate of drug-likeness (QED) is 0.884. The summed E-state index contributed by atoms with van der Waals surface area (Å²) in [6, 6.07) is 14.2. The Morgan fingerprint density at radius 2 is 1.86 bits per heavy atom. The van der Waals surface area contributed by atoms with Crippen LogP contribution in [0.3, 0.4) is 0 Å². The van der Waals surface area contributed by atoms with Gasteiger partial charge in [-0.2, -0.15) is 0 Å². The van der Waals surface area contributed by atoms with Crippen molar-refractivity contribution in [3.8, 4) is 11.5 Å². The summed E-state index contributed by atoms with van der Waals surface area (Å²) in [5.41, 5.74) is 0.678. The fourth-order valence-electron chi connectivity index (χ4n) is 1.72. The van der Waals surface area contributed by atoms with Crippen molar-refractivity contribution in [1.29, 1.82) is 0 Å². The minimum Gasteiger partial charge on any atom is -0.497 e. The topological polar surface area (TPSA) is 47.6 Å². The molecule has 1 amide bonds. The Morgan fingerprint density at radius 1 is 1.14 bits per heavy atom. The van der Waals surface area contributed by atoms with Gasteiger partial charge in [0.25, 0.3) is 0 Å². The van der Waals surface area contributed by atoms with Gasteiger partial charge in [-0.05, 0) is 42.5 Å². The first kappa shape index (κ1) is 15.2. The second-order valence-electron chi connectivity index (χ2n) is 4.33. The zero-order chi connectivity index (χ0) is 15.1. The van der Waals surface area contributed by atoms with Crippen LogP contribution in [0.4, 0.5) is 5.69 Å². The molecule has 110 valence electrons. The lowest BCUT2D eigenvalue weighted by molar-refractivity contribution is -0.116. The Labute approximate surface area is 128 Å². The van der Waals surface area contributed by atoms with Crippen molar-refractivity contribution >= 4 is 23.2 Å². The summed E-state index contributed by atoms with van der Waals surface area (Å²) in [7, 11) is 1.61. The third kappa shape index (κ3) is 5.00. The Hall–Kier alpha value is -2.20. The molecule has 0 atom stereocenters. The maximum absolute atomic E-state index is 11.8. The maximum Gasteiger partial charge on any atom is 0.227 e. The van der Waals surface area contributed by atoms with Crippen LogP contribution in [0, 0.1) is 0 Å². The van der Waals surface area contributed by atoms with Crippen molar-refractivity contribution in [2.45, 2.75) is 6.42 Å². The molecule has 21 heavy (non-hydrogen) atoms. The molecule has 0 unspecified atom stereocenters. The number of hydrogen-bond donors (Lipinski definition) is 1. The van der Waals surface area contributed by atoms with Crippen LogP contribution in [0.1, 0.15) is 6.42 Å². The fraction of sp³-hybridized carbons (Fsp3) is 0.188. The fourth-order valence-corrected chi connectivity index (χ4v) is 1.91. The smallest absolute Gasteiger partial charge is 0.227 e. The van der Waals surface area contributed by atoms with E-state index < -0.39 is 0 Å². The van der Waals surface area contributed by atoms with E-state index in [1.165, 1.54) is 0 Å². The van der Waals surface area contributed by atoms with E-state index in [9.17, 15) is 4.79 Å².